The fourth-order valence-electron chi connectivity index (χ4n) is 4.47. The van der Waals surface area contributed by atoms with Crippen LogP contribution in [0.3, 0.4) is 0 Å². The number of aromatic nitrogens is 2. The number of nitrogens with one attached hydrogen (secondary N) is 1. The minimum absolute atomic E-state index is 0.0772. The summed E-state index contributed by atoms with van der Waals surface area (Å²) in [7, 11) is 0. The van der Waals surface area contributed by atoms with Crippen molar-refractivity contribution in [1.29, 1.82) is 0 Å². The maximum absolute atomic E-state index is 14.5. The van der Waals surface area contributed by atoms with Gasteiger partial charge in [0.2, 0.25) is 0 Å². The summed E-state index contributed by atoms with van der Waals surface area (Å²) in [6.45, 7) is 6.81. The number of fused-ring (bicyclic) bond motifs is 1. The van der Waals surface area contributed by atoms with Crippen molar-refractivity contribution in [3.05, 3.63) is 64.6 Å². The van der Waals surface area contributed by atoms with Gasteiger partial charge in [-0.2, -0.15) is 0 Å². The largest absolute Gasteiger partial charge is 0.485 e. The molecule has 210 valence electrons. The number of likely N-dealkylation sites (tertiary alicyclic amines) is 1. The van der Waals surface area contributed by atoms with Gasteiger partial charge in [-0.1, -0.05) is 6.07 Å². The van der Waals surface area contributed by atoms with Gasteiger partial charge in [0.15, 0.2) is 11.4 Å². The summed E-state index contributed by atoms with van der Waals surface area (Å²) < 4.78 is 69.6. The number of amides is 2. The van der Waals surface area contributed by atoms with Crippen LogP contribution in [0.2, 0.25) is 0 Å². The number of pyridine rings is 1. The van der Waals surface area contributed by atoms with Crippen LogP contribution in [0.25, 0.3) is 5.65 Å². The van der Waals surface area contributed by atoms with Crippen molar-refractivity contribution in [2.45, 2.75) is 65.2 Å². The zero-order valence-corrected chi connectivity index (χ0v) is 22.3. The summed E-state index contributed by atoms with van der Waals surface area (Å²) in [4.78, 5) is 31.1. The van der Waals surface area contributed by atoms with Crippen molar-refractivity contribution in [2.75, 3.05) is 13.1 Å². The molecule has 0 spiro atoms. The average Bonchev–Trinajstić information content (AvgIpc) is 3.12. The number of carbonyl (C=O) groups excluding carboxylic acids is 2. The van der Waals surface area contributed by atoms with Crippen LogP contribution in [0, 0.1) is 25.5 Å². The summed E-state index contributed by atoms with van der Waals surface area (Å²) in [5, 5.41) is 2.60. The fourth-order valence-corrected chi connectivity index (χ4v) is 4.47. The Hall–Kier alpha value is -3.83. The molecule has 0 saturated carbocycles. The summed E-state index contributed by atoms with van der Waals surface area (Å²) in [5.41, 5.74) is 0.0972. The second-order valence-corrected chi connectivity index (χ2v) is 10.7. The number of rotatable bonds is 5. The topological polar surface area (TPSA) is 85.2 Å². The van der Waals surface area contributed by atoms with Crippen molar-refractivity contribution < 1.29 is 36.6 Å². The molecule has 1 unspecified atom stereocenters. The minimum atomic E-state index is -3.23. The number of ether oxygens (including phenoxy) is 2. The lowest BCUT2D eigenvalue weighted by molar-refractivity contribution is -0.0773. The molecule has 0 bridgehead atoms. The molecule has 1 atom stereocenters. The van der Waals surface area contributed by atoms with Crippen LogP contribution in [0.1, 0.15) is 54.5 Å². The maximum Gasteiger partial charge on any atom is 0.410 e. The Balaban J connectivity index is 1.58. The number of halogens is 4. The highest BCUT2D eigenvalue weighted by Crippen LogP contribution is 2.29. The van der Waals surface area contributed by atoms with Crippen LogP contribution < -0.4 is 10.1 Å². The number of carbonyl (C=O) groups is 2. The SMILES string of the molecule is Cc1cc(OCc2c(F)cccc2F)c2nc(C)c(C(=O)NC3CN(C(=O)OC(C)(C)C)CC(F)(F)C3)n2c1. The number of nitrogens with zero attached hydrogens (tertiary/aromatic N) is 3. The second kappa shape index (κ2) is 10.4. The molecule has 0 aliphatic carbocycles. The van der Waals surface area contributed by atoms with Crippen LogP contribution in [0.15, 0.2) is 30.5 Å². The third kappa shape index (κ3) is 6.43. The first-order valence-corrected chi connectivity index (χ1v) is 12.3. The van der Waals surface area contributed by atoms with Gasteiger partial charge in [0, 0.05) is 19.2 Å². The van der Waals surface area contributed by atoms with Crippen LogP contribution in [0.5, 0.6) is 5.75 Å². The first kappa shape index (κ1) is 28.2. The van der Waals surface area contributed by atoms with Crippen molar-refractivity contribution >= 4 is 17.6 Å². The van der Waals surface area contributed by atoms with Crippen molar-refractivity contribution in [1.82, 2.24) is 19.6 Å². The Bertz CT molecular complexity index is 1400. The van der Waals surface area contributed by atoms with E-state index in [4.69, 9.17) is 9.47 Å². The maximum atomic E-state index is 14.5. The summed E-state index contributed by atoms with van der Waals surface area (Å²) in [6.07, 6.45) is 0.0643. The summed E-state index contributed by atoms with van der Waals surface area (Å²) in [6, 6.07) is 4.05. The minimum Gasteiger partial charge on any atom is -0.485 e. The van der Waals surface area contributed by atoms with E-state index in [2.05, 4.69) is 10.3 Å². The number of aryl methyl sites for hydroxylation is 2. The monoisotopic (exact) mass is 550 g/mol. The van der Waals surface area contributed by atoms with Crippen molar-refractivity contribution in [2.24, 2.45) is 0 Å². The van der Waals surface area contributed by atoms with Gasteiger partial charge < -0.3 is 19.7 Å². The van der Waals surface area contributed by atoms with Gasteiger partial charge in [-0.25, -0.2) is 27.3 Å². The van der Waals surface area contributed by atoms with E-state index in [0.717, 1.165) is 17.0 Å². The van der Waals surface area contributed by atoms with E-state index in [1.54, 1.807) is 46.9 Å². The molecule has 3 heterocycles. The van der Waals surface area contributed by atoms with E-state index in [1.165, 1.54) is 10.5 Å². The van der Waals surface area contributed by atoms with Crippen LogP contribution in [-0.2, 0) is 11.3 Å². The molecule has 1 aromatic carbocycles. The average molecular weight is 551 g/mol. The zero-order chi connectivity index (χ0) is 28.7. The lowest BCUT2D eigenvalue weighted by Crippen LogP contribution is -2.57. The summed E-state index contributed by atoms with van der Waals surface area (Å²) >= 11 is 0. The Kier molecular flexibility index (Phi) is 7.50. The van der Waals surface area contributed by atoms with Crippen LogP contribution >= 0.6 is 0 Å². The number of hydrogen-bond acceptors (Lipinski definition) is 5. The van der Waals surface area contributed by atoms with Gasteiger partial charge in [-0.15, -0.1) is 0 Å². The molecule has 1 N–H and O–H groups in total. The van der Waals surface area contributed by atoms with Gasteiger partial charge in [-0.05, 0) is 58.4 Å². The Labute approximate surface area is 222 Å². The molecule has 2 amide bonds. The van der Waals surface area contributed by atoms with Crippen molar-refractivity contribution in [3.63, 3.8) is 0 Å². The lowest BCUT2D eigenvalue weighted by Gasteiger charge is -2.38. The molecule has 12 heteroatoms. The number of benzene rings is 1. The molecule has 39 heavy (non-hydrogen) atoms. The normalized spacial score (nSPS) is 17.3. The highest BCUT2D eigenvalue weighted by atomic mass is 19.3. The van der Waals surface area contributed by atoms with E-state index < -0.39 is 60.8 Å². The molecule has 1 saturated heterocycles. The fraction of sp³-hybridized carbons (Fsp3) is 0.444. The molecule has 3 aromatic rings. The van der Waals surface area contributed by atoms with Gasteiger partial charge >= 0.3 is 6.09 Å². The molecule has 1 fully saturated rings. The molecule has 4 rings (SSSR count). The lowest BCUT2D eigenvalue weighted by atomic mass is 10.0. The first-order valence-electron chi connectivity index (χ1n) is 12.3. The molecular formula is C27H30F4N4O4. The smallest absolute Gasteiger partial charge is 0.410 e. The zero-order valence-electron chi connectivity index (χ0n) is 22.3. The third-order valence-electron chi connectivity index (χ3n) is 6.04. The predicted octanol–water partition coefficient (Wildman–Crippen LogP) is 5.18. The van der Waals surface area contributed by atoms with E-state index in [0.29, 0.717) is 5.56 Å². The predicted molar refractivity (Wildman–Crippen MR) is 134 cm³/mol. The summed E-state index contributed by atoms with van der Waals surface area (Å²) in [5.74, 6) is -5.25. The standard InChI is InChI=1S/C27H30F4N4O4/c1-15-9-21(38-13-18-19(28)7-6-8-20(18)29)23-32-16(2)22(35(23)11-15)24(36)33-17-10-27(30,31)14-34(12-17)25(37)39-26(3,4)5/h6-9,11,17H,10,12-14H2,1-5H3,(H,33,36). The third-order valence-corrected chi connectivity index (χ3v) is 6.04. The molecule has 2 aromatic heterocycles. The Morgan fingerprint density at radius 3 is 2.49 bits per heavy atom. The van der Waals surface area contributed by atoms with Gasteiger partial charge in [-0.3, -0.25) is 9.20 Å². The second-order valence-electron chi connectivity index (χ2n) is 10.7. The van der Waals surface area contributed by atoms with Crippen molar-refractivity contribution in [3.8, 4) is 5.75 Å². The molecule has 0 radical (unpaired) electrons. The molecule has 1 aliphatic heterocycles. The molecular weight excluding hydrogens is 520 g/mol. The first-order chi connectivity index (χ1) is 18.1. The van der Waals surface area contributed by atoms with E-state index in [9.17, 15) is 27.2 Å². The van der Waals surface area contributed by atoms with E-state index >= 15 is 0 Å². The Morgan fingerprint density at radius 1 is 1.18 bits per heavy atom. The Morgan fingerprint density at radius 2 is 1.85 bits per heavy atom. The van der Waals surface area contributed by atoms with Gasteiger partial charge in [0.1, 0.15) is 29.5 Å². The van der Waals surface area contributed by atoms with Gasteiger partial charge in [0.25, 0.3) is 11.8 Å². The van der Waals surface area contributed by atoms with E-state index in [-0.39, 0.29) is 34.9 Å². The number of imidazole rings is 1. The van der Waals surface area contributed by atoms with Crippen LogP contribution in [-0.4, -0.2) is 56.9 Å². The number of piperidine rings is 1. The number of alkyl halides is 2. The number of hydrogen-bond donors (Lipinski definition) is 1. The quantitative estimate of drug-likeness (QED) is 0.443. The van der Waals surface area contributed by atoms with Gasteiger partial charge in [0.05, 0.1) is 23.8 Å². The highest BCUT2D eigenvalue weighted by molar-refractivity contribution is 5.95. The van der Waals surface area contributed by atoms with E-state index in [1.807, 2.05) is 0 Å². The molecule has 8 nitrogen and oxygen atoms in total. The van der Waals surface area contributed by atoms with Crippen LogP contribution in [0.4, 0.5) is 22.4 Å². The highest BCUT2D eigenvalue weighted by Gasteiger charge is 2.44. The molecule has 1 aliphatic rings.